The molecule has 0 radical (unpaired) electrons. The summed E-state index contributed by atoms with van der Waals surface area (Å²) in [4.78, 5) is 7.15. The summed E-state index contributed by atoms with van der Waals surface area (Å²) in [5.41, 5.74) is 3.09. The van der Waals surface area contributed by atoms with Crippen LogP contribution in [0.15, 0.2) is 24.3 Å². The lowest BCUT2D eigenvalue weighted by Gasteiger charge is -2.33. The highest BCUT2D eigenvalue weighted by atomic mass is 35.5. The van der Waals surface area contributed by atoms with E-state index in [9.17, 15) is 5.11 Å². The normalized spacial score (nSPS) is 18.7. The molecule has 0 spiro atoms. The number of hydrogen-bond acceptors (Lipinski definition) is 3. The second kappa shape index (κ2) is 6.53. The Bertz CT molecular complexity index is 663. The zero-order chi connectivity index (χ0) is 15.7. The standard InChI is InChI=1S/C18H23ClN2O/c1-12-15-5-3-4-6-16(15)20-17(18(12)19)11-21-9-7-14(8-10-21)13(2)22/h3-6,13-14,22H,7-11H2,1-2H3. The Hall–Kier alpha value is -1.16. The minimum absolute atomic E-state index is 0.202. The number of piperidine rings is 1. The molecule has 3 nitrogen and oxygen atoms in total. The average molecular weight is 319 g/mol. The van der Waals surface area contributed by atoms with Gasteiger partial charge in [-0.1, -0.05) is 29.8 Å². The summed E-state index contributed by atoms with van der Waals surface area (Å²) in [7, 11) is 0. The topological polar surface area (TPSA) is 36.4 Å². The number of aliphatic hydroxyl groups is 1. The first-order valence-electron chi connectivity index (χ1n) is 8.00. The van der Waals surface area contributed by atoms with Crippen LogP contribution in [-0.4, -0.2) is 34.2 Å². The monoisotopic (exact) mass is 318 g/mol. The fourth-order valence-corrected chi connectivity index (χ4v) is 3.53. The first-order chi connectivity index (χ1) is 10.6. The van der Waals surface area contributed by atoms with Crippen LogP contribution in [0.3, 0.4) is 0 Å². The molecule has 4 heteroatoms. The Balaban J connectivity index is 1.79. The predicted molar refractivity (Wildman–Crippen MR) is 91.2 cm³/mol. The van der Waals surface area contributed by atoms with Crippen LogP contribution in [-0.2, 0) is 6.54 Å². The van der Waals surface area contributed by atoms with Crippen molar-refractivity contribution >= 4 is 22.5 Å². The molecule has 1 N–H and O–H groups in total. The number of para-hydroxylation sites is 1. The SMILES string of the molecule is Cc1c(Cl)c(CN2CCC(C(C)O)CC2)nc2ccccc12. The van der Waals surface area contributed by atoms with Crippen molar-refractivity contribution in [3.8, 4) is 0 Å². The van der Waals surface area contributed by atoms with Gasteiger partial charge in [0, 0.05) is 11.9 Å². The van der Waals surface area contributed by atoms with Gasteiger partial charge >= 0.3 is 0 Å². The Morgan fingerprint density at radius 3 is 2.68 bits per heavy atom. The van der Waals surface area contributed by atoms with E-state index in [4.69, 9.17) is 16.6 Å². The molecular weight excluding hydrogens is 296 g/mol. The van der Waals surface area contributed by atoms with Gasteiger partial charge in [0.15, 0.2) is 0 Å². The molecule has 1 aromatic heterocycles. The second-order valence-electron chi connectivity index (χ2n) is 6.37. The van der Waals surface area contributed by atoms with E-state index in [-0.39, 0.29) is 6.10 Å². The van der Waals surface area contributed by atoms with Crippen LogP contribution in [0.2, 0.25) is 5.02 Å². The lowest BCUT2D eigenvalue weighted by atomic mass is 9.92. The van der Waals surface area contributed by atoms with Gasteiger partial charge in [0.05, 0.1) is 22.3 Å². The van der Waals surface area contributed by atoms with Crippen molar-refractivity contribution in [3.05, 3.63) is 40.5 Å². The van der Waals surface area contributed by atoms with Gasteiger partial charge in [0.1, 0.15) is 0 Å². The molecule has 1 atom stereocenters. The van der Waals surface area contributed by atoms with E-state index in [1.807, 2.05) is 25.1 Å². The van der Waals surface area contributed by atoms with Gasteiger partial charge in [-0.05, 0) is 57.3 Å². The maximum absolute atomic E-state index is 9.70. The van der Waals surface area contributed by atoms with Crippen LogP contribution in [0, 0.1) is 12.8 Å². The lowest BCUT2D eigenvalue weighted by molar-refractivity contribution is 0.0692. The number of benzene rings is 1. The average Bonchev–Trinajstić information content (AvgIpc) is 2.53. The third-order valence-corrected chi connectivity index (χ3v) is 5.34. The highest BCUT2D eigenvalue weighted by molar-refractivity contribution is 6.32. The minimum Gasteiger partial charge on any atom is -0.393 e. The fraction of sp³-hybridized carbons (Fsp3) is 0.500. The Morgan fingerprint density at radius 1 is 1.32 bits per heavy atom. The van der Waals surface area contributed by atoms with Gasteiger partial charge in [-0.15, -0.1) is 0 Å². The van der Waals surface area contributed by atoms with Crippen molar-refractivity contribution in [2.24, 2.45) is 5.92 Å². The zero-order valence-electron chi connectivity index (χ0n) is 13.2. The first-order valence-corrected chi connectivity index (χ1v) is 8.38. The van der Waals surface area contributed by atoms with Crippen molar-refractivity contribution in [2.45, 2.75) is 39.3 Å². The van der Waals surface area contributed by atoms with E-state index in [1.54, 1.807) is 0 Å². The van der Waals surface area contributed by atoms with Crippen molar-refractivity contribution in [3.63, 3.8) is 0 Å². The number of fused-ring (bicyclic) bond motifs is 1. The summed E-state index contributed by atoms with van der Waals surface area (Å²) in [5, 5.41) is 11.6. The Morgan fingerprint density at radius 2 is 2.00 bits per heavy atom. The van der Waals surface area contributed by atoms with Gasteiger partial charge < -0.3 is 5.11 Å². The number of hydrogen-bond donors (Lipinski definition) is 1. The van der Waals surface area contributed by atoms with E-state index < -0.39 is 0 Å². The minimum atomic E-state index is -0.202. The summed E-state index contributed by atoms with van der Waals surface area (Å²) in [6.07, 6.45) is 1.88. The molecule has 1 aromatic carbocycles. The van der Waals surface area contributed by atoms with E-state index in [0.717, 1.165) is 59.7 Å². The predicted octanol–water partition coefficient (Wildman–Crippen LogP) is 3.79. The summed E-state index contributed by atoms with van der Waals surface area (Å²) >= 11 is 6.54. The Kier molecular flexibility index (Phi) is 4.67. The van der Waals surface area contributed by atoms with Crippen molar-refractivity contribution < 1.29 is 5.11 Å². The number of pyridine rings is 1. The maximum atomic E-state index is 9.70. The molecule has 3 rings (SSSR count). The molecule has 2 heterocycles. The quantitative estimate of drug-likeness (QED) is 0.935. The molecule has 1 aliphatic rings. The number of likely N-dealkylation sites (tertiary alicyclic amines) is 1. The zero-order valence-corrected chi connectivity index (χ0v) is 14.0. The number of aliphatic hydroxyl groups excluding tert-OH is 1. The van der Waals surface area contributed by atoms with Crippen LogP contribution >= 0.6 is 11.6 Å². The number of nitrogens with zero attached hydrogens (tertiary/aromatic N) is 2. The van der Waals surface area contributed by atoms with Crippen molar-refractivity contribution in [2.75, 3.05) is 13.1 Å². The molecule has 0 amide bonds. The molecule has 0 saturated carbocycles. The molecule has 0 bridgehead atoms. The first kappa shape index (κ1) is 15.7. The summed E-state index contributed by atoms with van der Waals surface area (Å²) < 4.78 is 0. The highest BCUT2D eigenvalue weighted by Crippen LogP contribution is 2.29. The summed E-state index contributed by atoms with van der Waals surface area (Å²) in [6.45, 7) is 6.75. The van der Waals surface area contributed by atoms with Crippen LogP contribution in [0.1, 0.15) is 31.0 Å². The fourth-order valence-electron chi connectivity index (χ4n) is 3.33. The van der Waals surface area contributed by atoms with Gasteiger partial charge in [0.25, 0.3) is 0 Å². The summed E-state index contributed by atoms with van der Waals surface area (Å²) in [6, 6.07) is 8.15. The highest BCUT2D eigenvalue weighted by Gasteiger charge is 2.23. The number of aryl methyl sites for hydroxylation is 1. The van der Waals surface area contributed by atoms with Gasteiger partial charge in [0.2, 0.25) is 0 Å². The molecule has 1 saturated heterocycles. The summed E-state index contributed by atoms with van der Waals surface area (Å²) in [5.74, 6) is 0.429. The molecule has 1 aliphatic heterocycles. The van der Waals surface area contributed by atoms with Gasteiger partial charge in [-0.2, -0.15) is 0 Å². The van der Waals surface area contributed by atoms with Gasteiger partial charge in [-0.25, -0.2) is 4.98 Å². The van der Waals surface area contributed by atoms with Crippen molar-refractivity contribution in [1.29, 1.82) is 0 Å². The van der Waals surface area contributed by atoms with Crippen LogP contribution in [0.25, 0.3) is 10.9 Å². The number of aromatic nitrogens is 1. The van der Waals surface area contributed by atoms with Gasteiger partial charge in [-0.3, -0.25) is 4.90 Å². The lowest BCUT2D eigenvalue weighted by Crippen LogP contribution is -2.36. The molecule has 22 heavy (non-hydrogen) atoms. The Labute approximate surface area is 136 Å². The van der Waals surface area contributed by atoms with E-state index >= 15 is 0 Å². The molecular formula is C18H23ClN2O. The molecule has 118 valence electrons. The van der Waals surface area contributed by atoms with Crippen LogP contribution < -0.4 is 0 Å². The largest absolute Gasteiger partial charge is 0.393 e. The number of halogens is 1. The van der Waals surface area contributed by atoms with Crippen molar-refractivity contribution in [1.82, 2.24) is 9.88 Å². The third kappa shape index (κ3) is 3.12. The molecule has 1 fully saturated rings. The molecule has 0 aliphatic carbocycles. The van der Waals surface area contributed by atoms with Crippen LogP contribution in [0.4, 0.5) is 0 Å². The van der Waals surface area contributed by atoms with E-state index in [1.165, 1.54) is 0 Å². The smallest absolute Gasteiger partial charge is 0.0740 e. The van der Waals surface area contributed by atoms with E-state index in [2.05, 4.69) is 17.9 Å². The van der Waals surface area contributed by atoms with E-state index in [0.29, 0.717) is 5.92 Å². The molecule has 1 unspecified atom stereocenters. The second-order valence-corrected chi connectivity index (χ2v) is 6.75. The third-order valence-electron chi connectivity index (χ3n) is 4.83. The van der Waals surface area contributed by atoms with Crippen LogP contribution in [0.5, 0.6) is 0 Å². The maximum Gasteiger partial charge on any atom is 0.0740 e. The molecule has 2 aromatic rings. The number of rotatable bonds is 3.